The Balaban J connectivity index is 3.14. The maximum absolute atomic E-state index is 10.6. The first-order chi connectivity index (χ1) is 6.20. The number of carbonyl (C=O) groups is 1. The van der Waals surface area contributed by atoms with Crippen LogP contribution in [0.25, 0.3) is 0 Å². The molecular weight excluding hydrogens is 174 g/mol. The molecule has 0 radical (unpaired) electrons. The molecule has 0 saturated heterocycles. The van der Waals surface area contributed by atoms with E-state index in [1.54, 1.807) is 6.08 Å². The van der Waals surface area contributed by atoms with Crippen LogP contribution in [0.1, 0.15) is 12.8 Å². The number of aldehydes is 1. The Hall–Kier alpha value is -1.65. The van der Waals surface area contributed by atoms with Gasteiger partial charge in [-0.25, -0.2) is 0 Å². The van der Waals surface area contributed by atoms with Crippen molar-refractivity contribution in [2.45, 2.75) is 12.8 Å². The number of carbonyl (C=O) groups excluding carboxylic acids is 1. The third-order valence-corrected chi connectivity index (χ3v) is 1.83. The van der Waals surface area contributed by atoms with Crippen molar-refractivity contribution in [2.24, 2.45) is 0 Å². The molecule has 0 bridgehead atoms. The lowest BCUT2D eigenvalue weighted by atomic mass is 10.0. The zero-order valence-electron chi connectivity index (χ0n) is 7.15. The van der Waals surface area contributed by atoms with Crippen LogP contribution in [0, 0.1) is 10.1 Å². The van der Waals surface area contributed by atoms with Crippen LogP contribution in [-0.4, -0.2) is 18.3 Å². The predicted octanol–water partition coefficient (Wildman–Crippen LogP) is 1.04. The third-order valence-electron chi connectivity index (χ3n) is 1.83. The molecule has 0 aromatic carbocycles. The Morgan fingerprint density at radius 1 is 1.69 bits per heavy atom. The summed E-state index contributed by atoms with van der Waals surface area (Å²) in [6, 6.07) is 0. The van der Waals surface area contributed by atoms with Gasteiger partial charge in [0, 0.05) is 6.42 Å². The summed E-state index contributed by atoms with van der Waals surface area (Å²) in [5, 5.41) is 10.6. The summed E-state index contributed by atoms with van der Waals surface area (Å²) in [7, 11) is 1.37. The number of methoxy groups -OCH3 is 1. The lowest BCUT2D eigenvalue weighted by Crippen LogP contribution is -2.11. The number of nitrogens with zero attached hydrogens (tertiary/aromatic N) is 1. The second-order valence-electron chi connectivity index (χ2n) is 2.55. The third kappa shape index (κ3) is 1.74. The summed E-state index contributed by atoms with van der Waals surface area (Å²) < 4.78 is 4.84. The van der Waals surface area contributed by atoms with E-state index in [1.165, 1.54) is 7.11 Å². The minimum Gasteiger partial charge on any atom is -0.494 e. The normalized spacial score (nSPS) is 16.5. The summed E-state index contributed by atoms with van der Waals surface area (Å²) >= 11 is 0. The van der Waals surface area contributed by atoms with Crippen molar-refractivity contribution in [2.75, 3.05) is 7.11 Å². The maximum atomic E-state index is 10.6. The molecule has 0 amide bonds. The number of hydrogen-bond acceptors (Lipinski definition) is 4. The van der Waals surface area contributed by atoms with Gasteiger partial charge in [0.25, 0.3) is 0 Å². The first kappa shape index (κ1) is 9.44. The van der Waals surface area contributed by atoms with Gasteiger partial charge in [-0.05, 0) is 6.42 Å². The molecule has 0 N–H and O–H groups in total. The van der Waals surface area contributed by atoms with Gasteiger partial charge in [-0.15, -0.1) is 0 Å². The van der Waals surface area contributed by atoms with Gasteiger partial charge < -0.3 is 4.74 Å². The van der Waals surface area contributed by atoms with Crippen LogP contribution in [0.5, 0.6) is 0 Å². The van der Waals surface area contributed by atoms with Crippen molar-refractivity contribution < 1.29 is 14.5 Å². The van der Waals surface area contributed by atoms with Crippen LogP contribution in [-0.2, 0) is 9.53 Å². The molecule has 1 rings (SSSR count). The number of hydrogen-bond donors (Lipinski definition) is 0. The monoisotopic (exact) mass is 183 g/mol. The van der Waals surface area contributed by atoms with Crippen LogP contribution in [0.15, 0.2) is 23.1 Å². The zero-order valence-corrected chi connectivity index (χ0v) is 7.15. The van der Waals surface area contributed by atoms with Crippen LogP contribution < -0.4 is 0 Å². The summed E-state index contributed by atoms with van der Waals surface area (Å²) in [6.07, 6.45) is 3.11. The number of nitro groups is 1. The fourth-order valence-corrected chi connectivity index (χ4v) is 1.24. The molecule has 0 aromatic rings. The first-order valence-electron chi connectivity index (χ1n) is 3.78. The molecule has 0 saturated carbocycles. The van der Waals surface area contributed by atoms with Gasteiger partial charge in [-0.3, -0.25) is 14.9 Å². The summed E-state index contributed by atoms with van der Waals surface area (Å²) in [5.41, 5.74) is -0.100. The minimum atomic E-state index is -0.585. The highest BCUT2D eigenvalue weighted by atomic mass is 16.6. The van der Waals surface area contributed by atoms with E-state index < -0.39 is 4.92 Å². The van der Waals surface area contributed by atoms with Crippen LogP contribution in [0.3, 0.4) is 0 Å². The molecule has 0 fully saturated rings. The number of allylic oxidation sites excluding steroid dienone is 3. The van der Waals surface area contributed by atoms with Crippen molar-refractivity contribution in [3.05, 3.63) is 33.2 Å². The lowest BCUT2D eigenvalue weighted by molar-refractivity contribution is -0.423. The Morgan fingerprint density at radius 2 is 2.38 bits per heavy atom. The van der Waals surface area contributed by atoms with Gasteiger partial charge in [0.15, 0.2) is 12.0 Å². The molecule has 0 unspecified atom stereocenters. The van der Waals surface area contributed by atoms with E-state index in [9.17, 15) is 14.9 Å². The molecule has 0 atom stereocenters. The van der Waals surface area contributed by atoms with Crippen molar-refractivity contribution in [3.63, 3.8) is 0 Å². The van der Waals surface area contributed by atoms with Crippen LogP contribution in [0.4, 0.5) is 0 Å². The first-order valence-corrected chi connectivity index (χ1v) is 3.78. The summed E-state index contributed by atoms with van der Waals surface area (Å²) in [5.74, 6) is 0.273. The second-order valence-corrected chi connectivity index (χ2v) is 2.55. The average Bonchev–Trinajstić information content (AvgIpc) is 2.16. The van der Waals surface area contributed by atoms with E-state index in [-0.39, 0.29) is 17.0 Å². The fourth-order valence-electron chi connectivity index (χ4n) is 1.24. The molecule has 5 heteroatoms. The van der Waals surface area contributed by atoms with E-state index in [0.29, 0.717) is 19.1 Å². The Morgan fingerprint density at radius 3 is 2.85 bits per heavy atom. The molecule has 13 heavy (non-hydrogen) atoms. The molecule has 0 aliphatic heterocycles. The van der Waals surface area contributed by atoms with E-state index in [0.717, 1.165) is 0 Å². The van der Waals surface area contributed by atoms with E-state index in [2.05, 4.69) is 0 Å². The van der Waals surface area contributed by atoms with E-state index in [1.807, 2.05) is 0 Å². The standard InChI is InChI=1S/C8H9NO4/c1-13-7-4-2-3-6(5-10)8(7)9(11)12/h3,5H,2,4H2,1H3. The van der Waals surface area contributed by atoms with Crippen molar-refractivity contribution >= 4 is 6.29 Å². The molecule has 0 aromatic heterocycles. The second kappa shape index (κ2) is 3.84. The van der Waals surface area contributed by atoms with Gasteiger partial charge in [-0.1, -0.05) is 6.08 Å². The Kier molecular flexibility index (Phi) is 2.79. The van der Waals surface area contributed by atoms with Crippen LogP contribution in [0.2, 0.25) is 0 Å². The van der Waals surface area contributed by atoms with Crippen molar-refractivity contribution in [1.29, 1.82) is 0 Å². The Bertz CT molecular complexity index is 303. The molecular formula is C8H9NO4. The lowest BCUT2D eigenvalue weighted by Gasteiger charge is -2.10. The van der Waals surface area contributed by atoms with Gasteiger partial charge in [0.2, 0.25) is 0 Å². The van der Waals surface area contributed by atoms with E-state index >= 15 is 0 Å². The van der Waals surface area contributed by atoms with Gasteiger partial charge >= 0.3 is 5.70 Å². The van der Waals surface area contributed by atoms with E-state index in [4.69, 9.17) is 4.74 Å². The molecule has 5 nitrogen and oxygen atoms in total. The molecule has 0 spiro atoms. The molecule has 0 heterocycles. The van der Waals surface area contributed by atoms with Gasteiger partial charge in [0.1, 0.15) is 0 Å². The van der Waals surface area contributed by atoms with Gasteiger partial charge in [-0.2, -0.15) is 0 Å². The molecule has 70 valence electrons. The van der Waals surface area contributed by atoms with Crippen molar-refractivity contribution in [1.82, 2.24) is 0 Å². The highest BCUT2D eigenvalue weighted by Gasteiger charge is 2.26. The summed E-state index contributed by atoms with van der Waals surface area (Å²) in [4.78, 5) is 20.4. The van der Waals surface area contributed by atoms with Crippen LogP contribution >= 0.6 is 0 Å². The predicted molar refractivity (Wildman–Crippen MR) is 44.4 cm³/mol. The molecule has 1 aliphatic rings. The SMILES string of the molecule is COC1=C([N+](=O)[O-])C(C=O)=CCC1. The number of ether oxygens (including phenoxy) is 1. The number of rotatable bonds is 3. The van der Waals surface area contributed by atoms with Crippen molar-refractivity contribution in [3.8, 4) is 0 Å². The quantitative estimate of drug-likeness (QED) is 0.372. The van der Waals surface area contributed by atoms with Gasteiger partial charge in [0.05, 0.1) is 17.6 Å². The average molecular weight is 183 g/mol. The largest absolute Gasteiger partial charge is 0.494 e. The maximum Gasteiger partial charge on any atom is 0.316 e. The zero-order chi connectivity index (χ0) is 9.84. The fraction of sp³-hybridized carbons (Fsp3) is 0.375. The summed E-state index contributed by atoms with van der Waals surface area (Å²) in [6.45, 7) is 0. The highest BCUT2D eigenvalue weighted by molar-refractivity contribution is 5.79. The highest BCUT2D eigenvalue weighted by Crippen LogP contribution is 2.24. The topological polar surface area (TPSA) is 69.4 Å². The minimum absolute atomic E-state index is 0.105. The molecule has 1 aliphatic carbocycles. The smallest absolute Gasteiger partial charge is 0.316 e. The Labute approximate surface area is 74.8 Å².